The number of amides is 2. The Kier molecular flexibility index (Phi) is 5.36. The largest absolute Gasteiger partial charge is 0.361 e. The lowest BCUT2D eigenvalue weighted by Gasteiger charge is -2.07. The molecule has 0 aliphatic rings. The van der Waals surface area contributed by atoms with E-state index in [4.69, 9.17) is 11.6 Å². The molecule has 128 valence electrons. The van der Waals surface area contributed by atoms with Crippen LogP contribution in [0, 0.1) is 0 Å². The van der Waals surface area contributed by atoms with Crippen LogP contribution >= 0.6 is 11.6 Å². The summed E-state index contributed by atoms with van der Waals surface area (Å²) in [7, 11) is 0. The standard InChI is InChI=1S/C19H18ClN3O2/c20-15-6-2-4-8-17(15)23-19(25)11-18(24)21-10-9-13-12-22-16-7-3-1-5-14(13)16/h1-8,12,22H,9-11H2,(H,21,24)(H,23,25). The van der Waals surface area contributed by atoms with E-state index in [1.807, 2.05) is 30.5 Å². The van der Waals surface area contributed by atoms with E-state index in [0.29, 0.717) is 23.7 Å². The van der Waals surface area contributed by atoms with E-state index in [1.165, 1.54) is 0 Å². The third-order valence-electron chi connectivity index (χ3n) is 3.86. The van der Waals surface area contributed by atoms with Gasteiger partial charge in [0.15, 0.2) is 0 Å². The van der Waals surface area contributed by atoms with Gasteiger partial charge in [-0.1, -0.05) is 41.9 Å². The molecule has 3 rings (SSSR count). The van der Waals surface area contributed by atoms with Crippen molar-refractivity contribution < 1.29 is 9.59 Å². The molecule has 0 saturated carbocycles. The number of rotatable bonds is 6. The number of carbonyl (C=O) groups is 2. The normalized spacial score (nSPS) is 10.6. The van der Waals surface area contributed by atoms with E-state index < -0.39 is 5.91 Å². The Labute approximate surface area is 150 Å². The number of nitrogens with one attached hydrogen (secondary N) is 3. The summed E-state index contributed by atoms with van der Waals surface area (Å²) in [5.41, 5.74) is 2.71. The van der Waals surface area contributed by atoms with Crippen molar-refractivity contribution >= 4 is 40.0 Å². The predicted octanol–water partition coefficient (Wildman–Crippen LogP) is 3.51. The topological polar surface area (TPSA) is 74.0 Å². The van der Waals surface area contributed by atoms with Crippen LogP contribution in [0.25, 0.3) is 10.9 Å². The summed E-state index contributed by atoms with van der Waals surface area (Å²) in [4.78, 5) is 27.0. The van der Waals surface area contributed by atoms with Crippen molar-refractivity contribution in [3.8, 4) is 0 Å². The lowest BCUT2D eigenvalue weighted by molar-refractivity contribution is -0.126. The van der Waals surface area contributed by atoms with Gasteiger partial charge in [-0.3, -0.25) is 9.59 Å². The lowest BCUT2D eigenvalue weighted by atomic mass is 10.1. The van der Waals surface area contributed by atoms with Gasteiger partial charge in [0.05, 0.1) is 10.7 Å². The minimum Gasteiger partial charge on any atom is -0.361 e. The van der Waals surface area contributed by atoms with Gasteiger partial charge in [-0.25, -0.2) is 0 Å². The van der Waals surface area contributed by atoms with Gasteiger partial charge in [0.25, 0.3) is 0 Å². The first kappa shape index (κ1) is 17.0. The zero-order valence-corrected chi connectivity index (χ0v) is 14.3. The molecule has 0 bridgehead atoms. The second-order valence-electron chi connectivity index (χ2n) is 5.66. The summed E-state index contributed by atoms with van der Waals surface area (Å²) in [5, 5.41) is 6.99. The number of anilines is 1. The molecular formula is C19H18ClN3O2. The molecule has 0 saturated heterocycles. The molecule has 6 heteroatoms. The highest BCUT2D eigenvalue weighted by Gasteiger charge is 2.11. The van der Waals surface area contributed by atoms with Crippen molar-refractivity contribution in [3.63, 3.8) is 0 Å². The van der Waals surface area contributed by atoms with Crippen molar-refractivity contribution in [2.24, 2.45) is 0 Å². The second-order valence-corrected chi connectivity index (χ2v) is 6.07. The van der Waals surface area contributed by atoms with Crippen LogP contribution in [0.2, 0.25) is 5.02 Å². The summed E-state index contributed by atoms with van der Waals surface area (Å²) in [5.74, 6) is -0.706. The van der Waals surface area contributed by atoms with Gasteiger partial charge in [0, 0.05) is 23.6 Å². The summed E-state index contributed by atoms with van der Waals surface area (Å²) in [6, 6.07) is 14.9. The van der Waals surface area contributed by atoms with E-state index in [9.17, 15) is 9.59 Å². The number of benzene rings is 2. The van der Waals surface area contributed by atoms with Crippen molar-refractivity contribution in [1.82, 2.24) is 10.3 Å². The van der Waals surface area contributed by atoms with E-state index in [2.05, 4.69) is 15.6 Å². The van der Waals surface area contributed by atoms with Crippen LogP contribution in [0.1, 0.15) is 12.0 Å². The van der Waals surface area contributed by atoms with Crippen molar-refractivity contribution in [3.05, 3.63) is 65.3 Å². The van der Waals surface area contributed by atoms with Crippen molar-refractivity contribution in [1.29, 1.82) is 0 Å². The van der Waals surface area contributed by atoms with Gasteiger partial charge in [-0.05, 0) is 30.2 Å². The van der Waals surface area contributed by atoms with Gasteiger partial charge in [-0.2, -0.15) is 0 Å². The van der Waals surface area contributed by atoms with Gasteiger partial charge in [-0.15, -0.1) is 0 Å². The molecule has 0 aliphatic carbocycles. The molecule has 3 aromatic rings. The molecule has 5 nitrogen and oxygen atoms in total. The van der Waals surface area contributed by atoms with Crippen LogP contribution in [0.15, 0.2) is 54.7 Å². The zero-order valence-electron chi connectivity index (χ0n) is 13.5. The third-order valence-corrected chi connectivity index (χ3v) is 4.19. The molecule has 0 aliphatic heterocycles. The first-order valence-corrected chi connectivity index (χ1v) is 8.37. The highest BCUT2D eigenvalue weighted by Crippen LogP contribution is 2.20. The molecular weight excluding hydrogens is 338 g/mol. The number of aromatic nitrogens is 1. The maximum Gasteiger partial charge on any atom is 0.233 e. The number of para-hydroxylation sites is 2. The highest BCUT2D eigenvalue weighted by atomic mass is 35.5. The lowest BCUT2D eigenvalue weighted by Crippen LogP contribution is -2.29. The highest BCUT2D eigenvalue weighted by molar-refractivity contribution is 6.33. The minimum absolute atomic E-state index is 0.237. The first-order chi connectivity index (χ1) is 12.1. The average molecular weight is 356 g/mol. The third kappa shape index (κ3) is 4.39. The number of hydrogen-bond acceptors (Lipinski definition) is 2. The molecule has 0 atom stereocenters. The Morgan fingerprint density at radius 2 is 1.76 bits per heavy atom. The number of aromatic amines is 1. The molecule has 3 N–H and O–H groups in total. The van der Waals surface area contributed by atoms with Crippen LogP contribution in [0.4, 0.5) is 5.69 Å². The van der Waals surface area contributed by atoms with E-state index in [1.54, 1.807) is 24.3 Å². The van der Waals surface area contributed by atoms with Crippen LogP contribution in [0.5, 0.6) is 0 Å². The first-order valence-electron chi connectivity index (χ1n) is 7.99. The monoisotopic (exact) mass is 355 g/mol. The average Bonchev–Trinajstić information content (AvgIpc) is 3.00. The maximum absolute atomic E-state index is 11.9. The quantitative estimate of drug-likeness (QED) is 0.592. The van der Waals surface area contributed by atoms with Crippen LogP contribution in [-0.2, 0) is 16.0 Å². The number of halogens is 1. The minimum atomic E-state index is -0.391. The number of fused-ring (bicyclic) bond motifs is 1. The Balaban J connectivity index is 1.46. The van der Waals surface area contributed by atoms with Gasteiger partial charge in [0.2, 0.25) is 11.8 Å². The predicted molar refractivity (Wildman–Crippen MR) is 99.7 cm³/mol. The second kappa shape index (κ2) is 7.85. The molecule has 1 aromatic heterocycles. The Morgan fingerprint density at radius 3 is 2.60 bits per heavy atom. The molecule has 0 spiro atoms. The van der Waals surface area contributed by atoms with Gasteiger partial charge >= 0.3 is 0 Å². The SMILES string of the molecule is O=C(CC(=O)Nc1ccccc1Cl)NCCc1c[nH]c2ccccc12. The summed E-state index contributed by atoms with van der Waals surface area (Å²) < 4.78 is 0. The van der Waals surface area contributed by atoms with E-state index in [0.717, 1.165) is 16.5 Å². The summed E-state index contributed by atoms with van der Waals surface area (Å²) in [6.07, 6.45) is 2.40. The molecule has 2 aromatic carbocycles. The van der Waals surface area contributed by atoms with Crippen LogP contribution < -0.4 is 10.6 Å². The fraction of sp³-hybridized carbons (Fsp3) is 0.158. The van der Waals surface area contributed by atoms with Gasteiger partial charge in [0.1, 0.15) is 6.42 Å². The van der Waals surface area contributed by atoms with Crippen LogP contribution in [-0.4, -0.2) is 23.3 Å². The molecule has 2 amide bonds. The van der Waals surface area contributed by atoms with Gasteiger partial charge < -0.3 is 15.6 Å². The molecule has 1 heterocycles. The zero-order chi connectivity index (χ0) is 17.6. The number of hydrogen-bond donors (Lipinski definition) is 3. The fourth-order valence-corrected chi connectivity index (χ4v) is 2.82. The number of H-pyrrole nitrogens is 1. The van der Waals surface area contributed by atoms with Crippen molar-refractivity contribution in [2.75, 3.05) is 11.9 Å². The molecule has 0 fully saturated rings. The van der Waals surface area contributed by atoms with Crippen LogP contribution in [0.3, 0.4) is 0 Å². The Hall–Kier alpha value is -2.79. The van der Waals surface area contributed by atoms with E-state index >= 15 is 0 Å². The summed E-state index contributed by atoms with van der Waals surface area (Å²) in [6.45, 7) is 0.472. The van der Waals surface area contributed by atoms with Crippen molar-refractivity contribution in [2.45, 2.75) is 12.8 Å². The maximum atomic E-state index is 11.9. The molecule has 0 radical (unpaired) electrons. The molecule has 25 heavy (non-hydrogen) atoms. The van der Waals surface area contributed by atoms with E-state index in [-0.39, 0.29) is 12.3 Å². The summed E-state index contributed by atoms with van der Waals surface area (Å²) >= 11 is 5.98. The fourth-order valence-electron chi connectivity index (χ4n) is 2.64. The Morgan fingerprint density at radius 1 is 1.00 bits per heavy atom. The smallest absolute Gasteiger partial charge is 0.233 e. The molecule has 0 unspecified atom stereocenters. The number of carbonyl (C=O) groups excluding carboxylic acids is 2. The Bertz CT molecular complexity index is 904.